The Morgan fingerprint density at radius 3 is 2.67 bits per heavy atom. The van der Waals surface area contributed by atoms with Gasteiger partial charge in [0.15, 0.2) is 0 Å². The van der Waals surface area contributed by atoms with E-state index >= 15 is 0 Å². The van der Waals surface area contributed by atoms with E-state index in [0.29, 0.717) is 23.4 Å². The first kappa shape index (κ1) is 17.0. The van der Waals surface area contributed by atoms with Crippen molar-refractivity contribution in [1.82, 2.24) is 0 Å². The number of imide groups is 1. The zero-order valence-corrected chi connectivity index (χ0v) is 15.4. The Labute approximate surface area is 151 Å². The van der Waals surface area contributed by atoms with Crippen LogP contribution in [0, 0.1) is 0 Å². The zero-order valence-electron chi connectivity index (χ0n) is 12.9. The molecule has 0 spiro atoms. The van der Waals surface area contributed by atoms with E-state index in [9.17, 15) is 9.59 Å². The summed E-state index contributed by atoms with van der Waals surface area (Å²) in [5.74, 6) is -0.141. The maximum absolute atomic E-state index is 12.9. The molecular weight excluding hydrogens is 415 g/mol. The first-order valence-corrected chi connectivity index (χ1v) is 10.7. The summed E-state index contributed by atoms with van der Waals surface area (Å²) in [6.07, 6.45) is -0.190. The van der Waals surface area contributed by atoms with Crippen molar-refractivity contribution < 1.29 is 30.0 Å². The third-order valence-corrected chi connectivity index (χ3v) is 4.95. The molecule has 1 aliphatic rings. The van der Waals surface area contributed by atoms with Gasteiger partial charge in [-0.15, -0.1) is 0 Å². The number of para-hydroxylation sites is 1. The zero-order chi connectivity index (χ0) is 17.1. The molecule has 3 rings (SSSR count). The Bertz CT molecular complexity index is 807. The fourth-order valence-corrected chi connectivity index (χ4v) is 3.69. The van der Waals surface area contributed by atoms with Crippen LogP contribution >= 0.6 is 9.69 Å². The van der Waals surface area contributed by atoms with Crippen molar-refractivity contribution in [3.63, 3.8) is 0 Å². The maximum atomic E-state index is 12.9. The second-order valence-electron chi connectivity index (χ2n) is 5.23. The van der Waals surface area contributed by atoms with Gasteiger partial charge in [-0.2, -0.15) is 0 Å². The molecule has 1 heterocycles. The first-order chi connectivity index (χ1) is 11.7. The summed E-state index contributed by atoms with van der Waals surface area (Å²) in [4.78, 5) is 26.9. The van der Waals surface area contributed by atoms with Crippen molar-refractivity contribution in [2.45, 2.75) is 19.4 Å². The van der Waals surface area contributed by atoms with Crippen molar-refractivity contribution in [2.75, 3.05) is 4.90 Å². The monoisotopic (exact) mass is 430 g/mol. The van der Waals surface area contributed by atoms with E-state index in [-0.39, 0.29) is 11.8 Å². The Balaban J connectivity index is 2.14. The van der Waals surface area contributed by atoms with E-state index in [0.717, 1.165) is 5.56 Å². The van der Waals surface area contributed by atoms with E-state index in [2.05, 4.69) is 0 Å². The van der Waals surface area contributed by atoms with Crippen LogP contribution in [0.4, 0.5) is 5.69 Å². The number of hydrogen-bond acceptors (Lipinski definition) is 3. The molecule has 1 aliphatic heterocycles. The van der Waals surface area contributed by atoms with Crippen LogP contribution in [0.25, 0.3) is 0 Å². The Kier molecular flexibility index (Phi) is 5.22. The summed E-state index contributed by atoms with van der Waals surface area (Å²) in [5, 5.41) is 0. The molecule has 125 valence electrons. The number of benzene rings is 2. The molecule has 0 bridgehead atoms. The molecule has 1 atom stereocenters. The molecule has 0 radical (unpaired) electrons. The van der Waals surface area contributed by atoms with Gasteiger partial charge in [0.05, 0.1) is 0 Å². The number of fused-ring (bicyclic) bond motifs is 1. The number of carbonyl (C=O) groups is 2. The first-order valence-electron chi connectivity index (χ1n) is 7.45. The quantitative estimate of drug-likeness (QED) is 0.555. The number of amides is 2. The summed E-state index contributed by atoms with van der Waals surface area (Å²) >= 11 is -0.445. The fourth-order valence-electron chi connectivity index (χ4n) is 2.60. The molecule has 0 aliphatic carbocycles. The summed E-state index contributed by atoms with van der Waals surface area (Å²) in [7, 11) is 5.90. The Morgan fingerprint density at radius 1 is 1.25 bits per heavy atom. The SMILES string of the molecule is CCC1Oc2c([CH]=[Ru][Cl])cccc2N(C(=O)c2ccccc2)C1=O. The second kappa shape index (κ2) is 7.37. The molecule has 1 unspecified atom stereocenters. The number of ether oxygens (including phenoxy) is 1. The third-order valence-electron chi connectivity index (χ3n) is 3.76. The van der Waals surface area contributed by atoms with Crippen LogP contribution in [-0.2, 0) is 20.5 Å². The van der Waals surface area contributed by atoms with Crippen LogP contribution in [0.2, 0.25) is 0 Å². The topological polar surface area (TPSA) is 46.6 Å². The average Bonchev–Trinajstić information content (AvgIpc) is 2.62. The normalized spacial score (nSPS) is 17.2. The van der Waals surface area contributed by atoms with Crippen molar-refractivity contribution in [2.24, 2.45) is 0 Å². The number of carbonyl (C=O) groups excluding carboxylic acids is 2. The van der Waals surface area contributed by atoms with Gasteiger partial charge in [-0.25, -0.2) is 0 Å². The number of anilines is 1. The third kappa shape index (κ3) is 3.06. The Morgan fingerprint density at radius 2 is 2.00 bits per heavy atom. The molecule has 0 saturated heterocycles. The Hall–Kier alpha value is -1.84. The van der Waals surface area contributed by atoms with Gasteiger partial charge in [0.25, 0.3) is 0 Å². The fraction of sp³-hybridized carbons (Fsp3) is 0.167. The molecule has 2 aromatic carbocycles. The molecule has 2 aromatic rings. The number of halogens is 1. The molecule has 0 fully saturated rings. The minimum absolute atomic E-state index is 0.338. The van der Waals surface area contributed by atoms with Crippen molar-refractivity contribution in [3.8, 4) is 5.75 Å². The van der Waals surface area contributed by atoms with Crippen LogP contribution in [0.5, 0.6) is 5.75 Å². The predicted molar refractivity (Wildman–Crippen MR) is 90.4 cm³/mol. The van der Waals surface area contributed by atoms with E-state index in [1.54, 1.807) is 36.4 Å². The second-order valence-corrected chi connectivity index (χ2v) is 7.03. The van der Waals surface area contributed by atoms with Gasteiger partial charge in [0, 0.05) is 0 Å². The molecule has 0 saturated carbocycles. The van der Waals surface area contributed by atoms with E-state index in [1.165, 1.54) is 4.90 Å². The van der Waals surface area contributed by atoms with Gasteiger partial charge in [-0.05, 0) is 0 Å². The van der Waals surface area contributed by atoms with Crippen molar-refractivity contribution >= 4 is 31.8 Å². The van der Waals surface area contributed by atoms with E-state index in [1.807, 2.05) is 23.7 Å². The predicted octanol–water partition coefficient (Wildman–Crippen LogP) is 3.42. The van der Waals surface area contributed by atoms with Crippen LogP contribution < -0.4 is 9.64 Å². The summed E-state index contributed by atoms with van der Waals surface area (Å²) in [6.45, 7) is 1.86. The number of nitrogens with zero attached hydrogens (tertiary/aromatic N) is 1. The number of rotatable bonds is 3. The molecule has 0 aromatic heterocycles. The molecular formula is C18H15ClNO3Ru. The van der Waals surface area contributed by atoms with Crippen LogP contribution in [0.1, 0.15) is 29.3 Å². The summed E-state index contributed by atoms with van der Waals surface area (Å²) < 4.78 is 7.76. The van der Waals surface area contributed by atoms with Crippen molar-refractivity contribution in [3.05, 3.63) is 59.7 Å². The standard InChI is InChI=1S/C18H15NO3.ClH.Ru/c1-3-15-18(21)19(17(20)13-9-5-4-6-10-13)14-11-7-8-12(2)16(14)22-15;;/h2,4-11,15H,3H2,1H3;1H;/q;;+1/p-1. The van der Waals surface area contributed by atoms with E-state index in [4.69, 9.17) is 14.4 Å². The van der Waals surface area contributed by atoms with Crippen LogP contribution in [-0.4, -0.2) is 22.5 Å². The van der Waals surface area contributed by atoms with Gasteiger partial charge in [0.2, 0.25) is 0 Å². The van der Waals surface area contributed by atoms with Crippen LogP contribution in [0.15, 0.2) is 48.5 Å². The molecule has 0 N–H and O–H groups in total. The van der Waals surface area contributed by atoms with Gasteiger partial charge in [0.1, 0.15) is 0 Å². The molecule has 6 heteroatoms. The van der Waals surface area contributed by atoms with Crippen LogP contribution in [0.3, 0.4) is 0 Å². The van der Waals surface area contributed by atoms with Gasteiger partial charge in [-0.1, -0.05) is 0 Å². The molecule has 2 amide bonds. The van der Waals surface area contributed by atoms with Gasteiger partial charge >= 0.3 is 152 Å². The molecule has 4 nitrogen and oxygen atoms in total. The van der Waals surface area contributed by atoms with Gasteiger partial charge < -0.3 is 0 Å². The van der Waals surface area contributed by atoms with Gasteiger partial charge in [-0.3, -0.25) is 0 Å². The molecule has 24 heavy (non-hydrogen) atoms. The minimum atomic E-state index is -0.675. The number of hydrogen-bond donors (Lipinski definition) is 0. The summed E-state index contributed by atoms with van der Waals surface area (Å²) in [6, 6.07) is 14.2. The summed E-state index contributed by atoms with van der Waals surface area (Å²) in [5.41, 5.74) is 1.75. The average molecular weight is 430 g/mol. The van der Waals surface area contributed by atoms with E-state index < -0.39 is 21.8 Å². The van der Waals surface area contributed by atoms with Crippen molar-refractivity contribution in [1.29, 1.82) is 0 Å².